The Labute approximate surface area is 216 Å². The van der Waals surface area contributed by atoms with Gasteiger partial charge >= 0.3 is 0 Å². The highest BCUT2D eigenvalue weighted by atomic mass is 16.2. The van der Waals surface area contributed by atoms with Gasteiger partial charge in [-0.1, -0.05) is 60.9 Å². The Kier molecular flexibility index (Phi) is 7.59. The second kappa shape index (κ2) is 10.9. The minimum absolute atomic E-state index is 0.0311. The van der Waals surface area contributed by atoms with Gasteiger partial charge < -0.3 is 10.6 Å². The van der Waals surface area contributed by atoms with Crippen LogP contribution < -0.4 is 10.6 Å². The summed E-state index contributed by atoms with van der Waals surface area (Å²) >= 11 is 0. The number of carbonyl (C=O) groups excluding carboxylic acids is 2. The predicted octanol–water partition coefficient (Wildman–Crippen LogP) is 4.75. The van der Waals surface area contributed by atoms with Crippen molar-refractivity contribution in [1.29, 1.82) is 0 Å². The Morgan fingerprint density at radius 1 is 1.03 bits per heavy atom. The molecule has 0 aromatic heterocycles. The van der Waals surface area contributed by atoms with Gasteiger partial charge in [0.25, 0.3) is 0 Å². The summed E-state index contributed by atoms with van der Waals surface area (Å²) in [5.74, 6) is 1.47. The third-order valence-electron chi connectivity index (χ3n) is 8.80. The Morgan fingerprint density at radius 3 is 2.42 bits per heavy atom. The molecule has 1 aliphatic carbocycles. The maximum Gasteiger partial charge on any atom is 0.223 e. The van der Waals surface area contributed by atoms with E-state index < -0.39 is 0 Å². The monoisotopic (exact) mass is 487 g/mol. The fourth-order valence-corrected chi connectivity index (χ4v) is 7.10. The molecule has 5 nitrogen and oxygen atoms in total. The van der Waals surface area contributed by atoms with E-state index in [1.165, 1.54) is 5.56 Å². The van der Waals surface area contributed by atoms with Crippen molar-refractivity contribution in [3.05, 3.63) is 70.3 Å². The Balaban J connectivity index is 1.36. The molecule has 1 saturated carbocycles. The van der Waals surface area contributed by atoms with Crippen LogP contribution in [0.15, 0.2) is 42.5 Å². The molecule has 4 atom stereocenters. The minimum Gasteiger partial charge on any atom is -0.349 e. The molecular weight excluding hydrogens is 446 g/mol. The van der Waals surface area contributed by atoms with Crippen molar-refractivity contribution in [3.8, 4) is 0 Å². The number of nitrogens with zero attached hydrogens (tertiary/aromatic N) is 1. The number of Topliss-reactive ketones (excluding diaryl/α,β-unsaturated/α-hetero) is 1. The zero-order chi connectivity index (χ0) is 25.2. The van der Waals surface area contributed by atoms with Gasteiger partial charge in [0.2, 0.25) is 5.91 Å². The van der Waals surface area contributed by atoms with Crippen LogP contribution in [0.1, 0.15) is 70.8 Å². The number of hydrogen-bond donors (Lipinski definition) is 2. The molecule has 0 bridgehead atoms. The molecule has 2 heterocycles. The van der Waals surface area contributed by atoms with E-state index in [1.807, 2.05) is 18.2 Å². The van der Waals surface area contributed by atoms with Crippen LogP contribution in [0.3, 0.4) is 0 Å². The molecule has 3 fully saturated rings. The number of hydrogen-bond acceptors (Lipinski definition) is 4. The normalized spacial score (nSPS) is 25.1. The van der Waals surface area contributed by atoms with Gasteiger partial charge in [0.15, 0.2) is 5.78 Å². The highest BCUT2D eigenvalue weighted by Gasteiger charge is 2.48. The van der Waals surface area contributed by atoms with Crippen molar-refractivity contribution >= 4 is 11.7 Å². The van der Waals surface area contributed by atoms with Crippen LogP contribution >= 0.6 is 0 Å². The molecule has 3 aliphatic rings. The van der Waals surface area contributed by atoms with E-state index >= 15 is 0 Å². The largest absolute Gasteiger partial charge is 0.349 e. The van der Waals surface area contributed by atoms with Crippen molar-refractivity contribution < 1.29 is 9.59 Å². The van der Waals surface area contributed by atoms with Gasteiger partial charge in [-0.2, -0.15) is 0 Å². The second-order valence-electron chi connectivity index (χ2n) is 11.4. The summed E-state index contributed by atoms with van der Waals surface area (Å²) in [6.45, 7) is 9.87. The number of benzene rings is 2. The molecule has 2 aromatic carbocycles. The molecule has 36 heavy (non-hydrogen) atoms. The third-order valence-corrected chi connectivity index (χ3v) is 8.80. The van der Waals surface area contributed by atoms with Crippen molar-refractivity contribution in [1.82, 2.24) is 15.5 Å². The number of ketones is 1. The first-order chi connectivity index (χ1) is 17.4. The molecule has 192 valence electrons. The summed E-state index contributed by atoms with van der Waals surface area (Å²) in [4.78, 5) is 29.6. The molecule has 2 aliphatic heterocycles. The number of fused-ring (bicyclic) bond motifs is 1. The van der Waals surface area contributed by atoms with Crippen LogP contribution in [0.25, 0.3) is 0 Å². The Bertz CT molecular complexity index is 1070. The van der Waals surface area contributed by atoms with E-state index in [1.54, 1.807) is 0 Å². The second-order valence-corrected chi connectivity index (χ2v) is 11.4. The first-order valence-corrected chi connectivity index (χ1v) is 13.8. The van der Waals surface area contributed by atoms with Gasteiger partial charge in [-0.05, 0) is 75.1 Å². The summed E-state index contributed by atoms with van der Waals surface area (Å²) in [6, 6.07) is 14.5. The van der Waals surface area contributed by atoms with Crippen LogP contribution in [0, 0.1) is 38.5 Å². The molecule has 0 spiro atoms. The summed E-state index contributed by atoms with van der Waals surface area (Å²) in [5, 5.41) is 6.92. The van der Waals surface area contributed by atoms with Crippen molar-refractivity contribution in [2.45, 2.75) is 65.0 Å². The number of amides is 1. The smallest absolute Gasteiger partial charge is 0.223 e. The van der Waals surface area contributed by atoms with Crippen LogP contribution in [0.2, 0.25) is 0 Å². The predicted molar refractivity (Wildman–Crippen MR) is 144 cm³/mol. The van der Waals surface area contributed by atoms with Gasteiger partial charge in [0, 0.05) is 31.1 Å². The standard InChI is InChI=1S/C31H41N3O2/c1-20-15-21(2)28(22(3)16-20)30(35)29-26-18-32-17-25(26)19-34(29)14-13-27(23-9-5-4-6-10-23)33-31(36)24-11-7-8-12-24/h4-6,9-10,15-16,24-27,29,32H,7-8,11-14,17-19H2,1-3H3,(H,33,36)/t25?,26-,27?,29+/m1/s1. The fraction of sp³-hybridized carbons (Fsp3) is 0.548. The lowest BCUT2D eigenvalue weighted by Gasteiger charge is -2.30. The molecule has 2 N–H and O–H groups in total. The summed E-state index contributed by atoms with van der Waals surface area (Å²) in [5.41, 5.74) is 5.42. The lowest BCUT2D eigenvalue weighted by Crippen LogP contribution is -2.44. The Hall–Kier alpha value is -2.50. The molecule has 2 aromatic rings. The van der Waals surface area contributed by atoms with E-state index in [2.05, 4.69) is 60.6 Å². The maximum atomic E-state index is 14.1. The van der Waals surface area contributed by atoms with Gasteiger partial charge in [0.05, 0.1) is 12.1 Å². The zero-order valence-electron chi connectivity index (χ0n) is 22.1. The van der Waals surface area contributed by atoms with Gasteiger partial charge in [0.1, 0.15) is 0 Å². The first kappa shape index (κ1) is 25.2. The molecular formula is C31H41N3O2. The summed E-state index contributed by atoms with van der Waals surface area (Å²) < 4.78 is 0. The molecule has 2 saturated heterocycles. The van der Waals surface area contributed by atoms with E-state index in [-0.39, 0.29) is 29.7 Å². The lowest BCUT2D eigenvalue weighted by molar-refractivity contribution is -0.125. The first-order valence-electron chi connectivity index (χ1n) is 13.8. The number of rotatable bonds is 8. The lowest BCUT2D eigenvalue weighted by atomic mass is 9.86. The van der Waals surface area contributed by atoms with Crippen molar-refractivity contribution in [3.63, 3.8) is 0 Å². The maximum absolute atomic E-state index is 14.1. The molecule has 5 rings (SSSR count). The van der Waals surface area contributed by atoms with E-state index in [4.69, 9.17) is 0 Å². The number of likely N-dealkylation sites (tertiary alicyclic amines) is 1. The highest BCUT2D eigenvalue weighted by molar-refractivity contribution is 6.03. The number of nitrogens with one attached hydrogen (secondary N) is 2. The average Bonchev–Trinajstić information content (AvgIpc) is 3.59. The summed E-state index contributed by atoms with van der Waals surface area (Å²) in [7, 11) is 0. The fourth-order valence-electron chi connectivity index (χ4n) is 7.10. The van der Waals surface area contributed by atoms with Gasteiger partial charge in [-0.3, -0.25) is 14.5 Å². The topological polar surface area (TPSA) is 61.4 Å². The molecule has 0 radical (unpaired) electrons. The van der Waals surface area contributed by atoms with Crippen molar-refractivity contribution in [2.75, 3.05) is 26.2 Å². The Morgan fingerprint density at radius 2 is 1.72 bits per heavy atom. The van der Waals surface area contributed by atoms with E-state index in [0.717, 1.165) is 80.5 Å². The SMILES string of the molecule is Cc1cc(C)c(C(=O)[C@@H]2[C@@H]3CNCC3CN2CCC(NC(=O)C2CCCC2)c2ccccc2)c(C)c1. The molecule has 2 unspecified atom stereocenters. The van der Waals surface area contributed by atoms with E-state index in [0.29, 0.717) is 11.8 Å². The van der Waals surface area contributed by atoms with Crippen molar-refractivity contribution in [2.24, 2.45) is 17.8 Å². The zero-order valence-corrected chi connectivity index (χ0v) is 22.1. The molecule has 5 heteroatoms. The van der Waals surface area contributed by atoms with E-state index in [9.17, 15) is 9.59 Å². The average molecular weight is 488 g/mol. The minimum atomic E-state index is -0.105. The summed E-state index contributed by atoms with van der Waals surface area (Å²) in [6.07, 6.45) is 5.12. The third kappa shape index (κ3) is 5.14. The quantitative estimate of drug-likeness (QED) is 0.528. The molecule has 1 amide bonds. The van der Waals surface area contributed by atoms with Crippen LogP contribution in [-0.2, 0) is 4.79 Å². The highest BCUT2D eigenvalue weighted by Crippen LogP contribution is 2.36. The van der Waals surface area contributed by atoms with Crippen LogP contribution in [0.4, 0.5) is 0 Å². The number of carbonyl (C=O) groups is 2. The number of aryl methyl sites for hydroxylation is 3. The van der Waals surface area contributed by atoms with Gasteiger partial charge in [-0.15, -0.1) is 0 Å². The van der Waals surface area contributed by atoms with Crippen LogP contribution in [0.5, 0.6) is 0 Å². The van der Waals surface area contributed by atoms with Crippen LogP contribution in [-0.4, -0.2) is 48.8 Å². The van der Waals surface area contributed by atoms with Gasteiger partial charge in [-0.25, -0.2) is 0 Å².